The molecule has 2 N–H and O–H groups in total. The van der Waals surface area contributed by atoms with Crippen molar-refractivity contribution in [2.24, 2.45) is 0 Å². The molecule has 1 aromatic rings. The van der Waals surface area contributed by atoms with Crippen LogP contribution in [0.1, 0.15) is 0 Å². The van der Waals surface area contributed by atoms with E-state index in [1.54, 1.807) is 12.2 Å². The molecule has 0 saturated carbocycles. The highest BCUT2D eigenvalue weighted by Crippen LogP contribution is 2.08. The van der Waals surface area contributed by atoms with Gasteiger partial charge < -0.3 is 10.6 Å². The number of pyridine rings is 1. The SMILES string of the molecule is C=CCNc1cccc(NCC=C)n1. The average Bonchev–Trinajstić information content (AvgIpc) is 2.24. The van der Waals surface area contributed by atoms with E-state index in [4.69, 9.17) is 0 Å². The van der Waals surface area contributed by atoms with E-state index in [-0.39, 0.29) is 0 Å². The summed E-state index contributed by atoms with van der Waals surface area (Å²) in [5.41, 5.74) is 0. The fourth-order valence-corrected chi connectivity index (χ4v) is 0.985. The summed E-state index contributed by atoms with van der Waals surface area (Å²) in [6.45, 7) is 8.70. The predicted molar refractivity (Wildman–Crippen MR) is 61.6 cm³/mol. The van der Waals surface area contributed by atoms with Gasteiger partial charge in [0.15, 0.2) is 0 Å². The fourth-order valence-electron chi connectivity index (χ4n) is 0.985. The second-order valence-electron chi connectivity index (χ2n) is 2.75. The van der Waals surface area contributed by atoms with E-state index in [0.29, 0.717) is 0 Å². The largest absolute Gasteiger partial charge is 0.367 e. The standard InChI is InChI=1S/C11H15N3/c1-3-8-12-10-6-5-7-11(14-10)13-9-4-2/h3-7H,1-2,8-9H2,(H2,12,13,14). The Hall–Kier alpha value is -1.77. The molecule has 0 bridgehead atoms. The summed E-state index contributed by atoms with van der Waals surface area (Å²) in [5.74, 6) is 1.69. The molecule has 1 heterocycles. The molecule has 1 rings (SSSR count). The minimum atomic E-state index is 0.720. The monoisotopic (exact) mass is 189 g/mol. The number of rotatable bonds is 6. The van der Waals surface area contributed by atoms with Crippen LogP contribution in [0.5, 0.6) is 0 Å². The zero-order valence-electron chi connectivity index (χ0n) is 8.16. The first kappa shape index (κ1) is 10.3. The topological polar surface area (TPSA) is 37.0 Å². The summed E-state index contributed by atoms with van der Waals surface area (Å²) < 4.78 is 0. The Bertz CT molecular complexity index is 280. The lowest BCUT2D eigenvalue weighted by atomic mass is 10.4. The molecule has 0 radical (unpaired) electrons. The lowest BCUT2D eigenvalue weighted by molar-refractivity contribution is 1.19. The number of aromatic nitrogens is 1. The molecule has 0 aliphatic carbocycles. The fraction of sp³-hybridized carbons (Fsp3) is 0.182. The Morgan fingerprint density at radius 1 is 1.07 bits per heavy atom. The number of anilines is 2. The number of nitrogens with zero attached hydrogens (tertiary/aromatic N) is 1. The summed E-state index contributed by atoms with van der Waals surface area (Å²) in [7, 11) is 0. The van der Waals surface area contributed by atoms with Crippen LogP contribution in [0.3, 0.4) is 0 Å². The summed E-state index contributed by atoms with van der Waals surface area (Å²) in [4.78, 5) is 4.33. The van der Waals surface area contributed by atoms with Gasteiger partial charge in [-0.1, -0.05) is 18.2 Å². The highest BCUT2D eigenvalue weighted by Gasteiger charge is 1.93. The lowest BCUT2D eigenvalue weighted by Gasteiger charge is -2.05. The van der Waals surface area contributed by atoms with Gasteiger partial charge in [-0.2, -0.15) is 0 Å². The molecule has 1 aromatic heterocycles. The van der Waals surface area contributed by atoms with Crippen LogP contribution in [-0.2, 0) is 0 Å². The van der Waals surface area contributed by atoms with E-state index in [1.807, 2.05) is 18.2 Å². The zero-order valence-corrected chi connectivity index (χ0v) is 8.16. The zero-order chi connectivity index (χ0) is 10.2. The maximum atomic E-state index is 4.33. The van der Waals surface area contributed by atoms with E-state index in [0.717, 1.165) is 24.7 Å². The van der Waals surface area contributed by atoms with E-state index in [9.17, 15) is 0 Å². The first-order valence-corrected chi connectivity index (χ1v) is 4.53. The van der Waals surface area contributed by atoms with E-state index in [2.05, 4.69) is 28.8 Å². The van der Waals surface area contributed by atoms with Crippen molar-refractivity contribution in [3.05, 3.63) is 43.5 Å². The molecule has 0 unspecified atom stereocenters. The highest BCUT2D eigenvalue weighted by atomic mass is 15.1. The Morgan fingerprint density at radius 2 is 1.57 bits per heavy atom. The third kappa shape index (κ3) is 3.31. The van der Waals surface area contributed by atoms with Gasteiger partial charge >= 0.3 is 0 Å². The van der Waals surface area contributed by atoms with Gasteiger partial charge in [0.2, 0.25) is 0 Å². The molecule has 0 aromatic carbocycles. The summed E-state index contributed by atoms with van der Waals surface area (Å²) in [5, 5.41) is 6.23. The molecule has 0 amide bonds. The highest BCUT2D eigenvalue weighted by molar-refractivity contribution is 5.45. The Morgan fingerprint density at radius 3 is 2.00 bits per heavy atom. The molecule has 3 nitrogen and oxygen atoms in total. The molecular weight excluding hydrogens is 174 g/mol. The second kappa shape index (κ2) is 5.80. The van der Waals surface area contributed by atoms with Gasteiger partial charge in [0.1, 0.15) is 11.6 Å². The van der Waals surface area contributed by atoms with E-state index >= 15 is 0 Å². The van der Waals surface area contributed by atoms with Crippen LogP contribution in [0.2, 0.25) is 0 Å². The normalized spacial score (nSPS) is 9.14. The number of hydrogen-bond acceptors (Lipinski definition) is 3. The minimum absolute atomic E-state index is 0.720. The molecular formula is C11H15N3. The molecule has 0 spiro atoms. The number of nitrogens with one attached hydrogen (secondary N) is 2. The van der Waals surface area contributed by atoms with Crippen LogP contribution in [0.25, 0.3) is 0 Å². The molecule has 3 heteroatoms. The van der Waals surface area contributed by atoms with Crippen LogP contribution in [-0.4, -0.2) is 18.1 Å². The summed E-state index contributed by atoms with van der Waals surface area (Å²) in [6, 6.07) is 5.79. The smallest absolute Gasteiger partial charge is 0.128 e. The third-order valence-electron chi connectivity index (χ3n) is 1.60. The van der Waals surface area contributed by atoms with Crippen molar-refractivity contribution in [1.82, 2.24) is 4.98 Å². The summed E-state index contributed by atoms with van der Waals surface area (Å²) in [6.07, 6.45) is 3.59. The molecule has 0 fully saturated rings. The quantitative estimate of drug-likeness (QED) is 0.674. The average molecular weight is 189 g/mol. The number of hydrogen-bond donors (Lipinski definition) is 2. The van der Waals surface area contributed by atoms with Crippen LogP contribution in [0.4, 0.5) is 11.6 Å². The molecule has 0 aliphatic rings. The van der Waals surface area contributed by atoms with Crippen molar-refractivity contribution in [2.45, 2.75) is 0 Å². The third-order valence-corrected chi connectivity index (χ3v) is 1.60. The predicted octanol–water partition coefficient (Wildman–Crippen LogP) is 2.28. The first-order valence-electron chi connectivity index (χ1n) is 4.53. The van der Waals surface area contributed by atoms with Crippen molar-refractivity contribution >= 4 is 11.6 Å². The second-order valence-corrected chi connectivity index (χ2v) is 2.75. The lowest BCUT2D eigenvalue weighted by Crippen LogP contribution is -2.04. The molecule has 0 atom stereocenters. The Kier molecular flexibility index (Phi) is 4.27. The Balaban J connectivity index is 2.58. The van der Waals surface area contributed by atoms with Crippen LogP contribution < -0.4 is 10.6 Å². The van der Waals surface area contributed by atoms with Crippen molar-refractivity contribution in [3.8, 4) is 0 Å². The maximum Gasteiger partial charge on any atom is 0.128 e. The minimum Gasteiger partial charge on any atom is -0.367 e. The molecule has 0 aliphatic heterocycles. The van der Waals surface area contributed by atoms with Crippen molar-refractivity contribution < 1.29 is 0 Å². The Labute approximate surface area is 84.6 Å². The van der Waals surface area contributed by atoms with Gasteiger partial charge in [-0.05, 0) is 12.1 Å². The van der Waals surface area contributed by atoms with E-state index in [1.165, 1.54) is 0 Å². The van der Waals surface area contributed by atoms with Gasteiger partial charge in [-0.3, -0.25) is 0 Å². The van der Waals surface area contributed by atoms with Crippen molar-refractivity contribution in [3.63, 3.8) is 0 Å². The van der Waals surface area contributed by atoms with Crippen LogP contribution >= 0.6 is 0 Å². The van der Waals surface area contributed by atoms with Gasteiger partial charge in [-0.15, -0.1) is 13.2 Å². The van der Waals surface area contributed by atoms with Crippen molar-refractivity contribution in [2.75, 3.05) is 23.7 Å². The molecule has 0 saturated heterocycles. The molecule has 14 heavy (non-hydrogen) atoms. The molecule has 74 valence electrons. The van der Waals surface area contributed by atoms with Gasteiger partial charge in [-0.25, -0.2) is 4.98 Å². The van der Waals surface area contributed by atoms with Gasteiger partial charge in [0, 0.05) is 13.1 Å². The first-order chi connectivity index (χ1) is 6.86. The van der Waals surface area contributed by atoms with Crippen LogP contribution in [0, 0.1) is 0 Å². The van der Waals surface area contributed by atoms with Crippen molar-refractivity contribution in [1.29, 1.82) is 0 Å². The van der Waals surface area contributed by atoms with Gasteiger partial charge in [0.05, 0.1) is 0 Å². The van der Waals surface area contributed by atoms with Crippen LogP contribution in [0.15, 0.2) is 43.5 Å². The maximum absolute atomic E-state index is 4.33. The summed E-state index contributed by atoms with van der Waals surface area (Å²) >= 11 is 0. The van der Waals surface area contributed by atoms with Gasteiger partial charge in [0.25, 0.3) is 0 Å². The van der Waals surface area contributed by atoms with E-state index < -0.39 is 0 Å².